The van der Waals surface area contributed by atoms with E-state index >= 15 is 0 Å². The summed E-state index contributed by atoms with van der Waals surface area (Å²) in [5.74, 6) is 1.22. The third kappa shape index (κ3) is 6.14. The van der Waals surface area contributed by atoms with Gasteiger partial charge in [-0.05, 0) is 6.07 Å². The number of nitrogens with one attached hydrogen (secondary N) is 3. The molecule has 0 bridgehead atoms. The molecule has 1 aromatic rings. The summed E-state index contributed by atoms with van der Waals surface area (Å²) >= 11 is 0. The Morgan fingerprint density at radius 3 is 2.43 bits per heavy atom. The van der Waals surface area contributed by atoms with Crippen LogP contribution in [0.4, 0.5) is 8.78 Å². The minimum absolute atomic E-state index is 0.000330. The highest BCUT2D eigenvalue weighted by Crippen LogP contribution is 2.38. The maximum atomic E-state index is 12.7. The number of nitrogens with zero attached hydrogens (tertiary/aromatic N) is 1. The number of hydrogen-bond donors (Lipinski definition) is 3. The molecule has 28 heavy (non-hydrogen) atoms. The van der Waals surface area contributed by atoms with E-state index in [1.807, 2.05) is 20.8 Å². The van der Waals surface area contributed by atoms with Gasteiger partial charge in [0.2, 0.25) is 12.7 Å². The number of halogens is 2. The summed E-state index contributed by atoms with van der Waals surface area (Å²) in [4.78, 5) is 15.9. The molecule has 0 saturated heterocycles. The minimum Gasteiger partial charge on any atom is -0.454 e. The van der Waals surface area contributed by atoms with Crippen LogP contribution in [0.5, 0.6) is 17.2 Å². The van der Waals surface area contributed by atoms with Crippen LogP contribution in [-0.4, -0.2) is 45.4 Å². The number of carbonyl (C=O) groups excluding carboxylic acids is 1. The second-order valence-corrected chi connectivity index (χ2v) is 7.05. The molecule has 0 spiro atoms. The number of aliphatic imine (C=N–C) groups is 1. The summed E-state index contributed by atoms with van der Waals surface area (Å²) in [7, 11) is 1.58. The van der Waals surface area contributed by atoms with E-state index in [-0.39, 0.29) is 25.0 Å². The van der Waals surface area contributed by atoms with Crippen molar-refractivity contribution in [3.63, 3.8) is 0 Å². The van der Waals surface area contributed by atoms with Crippen molar-refractivity contribution in [2.45, 2.75) is 33.9 Å². The highest BCUT2D eigenvalue weighted by molar-refractivity contribution is 5.81. The van der Waals surface area contributed by atoms with E-state index in [9.17, 15) is 13.6 Å². The molecule has 156 valence electrons. The van der Waals surface area contributed by atoms with Crippen LogP contribution in [0.2, 0.25) is 0 Å². The van der Waals surface area contributed by atoms with Gasteiger partial charge in [-0.2, -0.15) is 8.78 Å². The van der Waals surface area contributed by atoms with E-state index in [4.69, 9.17) is 9.47 Å². The fraction of sp³-hybridized carbons (Fsp3) is 0.556. The van der Waals surface area contributed by atoms with Crippen molar-refractivity contribution >= 4 is 11.9 Å². The van der Waals surface area contributed by atoms with Crippen LogP contribution in [0, 0.1) is 5.41 Å². The number of benzene rings is 1. The molecule has 3 N–H and O–H groups in total. The number of rotatable bonds is 7. The van der Waals surface area contributed by atoms with Crippen LogP contribution in [0.25, 0.3) is 0 Å². The largest absolute Gasteiger partial charge is 0.454 e. The fourth-order valence-electron chi connectivity index (χ4n) is 2.33. The van der Waals surface area contributed by atoms with E-state index in [0.29, 0.717) is 36.1 Å². The van der Waals surface area contributed by atoms with Gasteiger partial charge >= 0.3 is 6.61 Å². The second-order valence-electron chi connectivity index (χ2n) is 7.05. The summed E-state index contributed by atoms with van der Waals surface area (Å²) in [5.41, 5.74) is 0.00828. The van der Waals surface area contributed by atoms with E-state index in [0.717, 1.165) is 0 Å². The third-order valence-corrected chi connectivity index (χ3v) is 3.83. The van der Waals surface area contributed by atoms with Gasteiger partial charge in [-0.1, -0.05) is 20.8 Å². The van der Waals surface area contributed by atoms with Gasteiger partial charge in [-0.15, -0.1) is 0 Å². The molecule has 10 heteroatoms. The Morgan fingerprint density at radius 1 is 1.18 bits per heavy atom. The first-order valence-electron chi connectivity index (χ1n) is 8.81. The highest BCUT2D eigenvalue weighted by Gasteiger charge is 2.21. The van der Waals surface area contributed by atoms with Crippen molar-refractivity contribution in [2.75, 3.05) is 26.9 Å². The Morgan fingerprint density at radius 2 is 1.82 bits per heavy atom. The Labute approximate surface area is 162 Å². The number of fused-ring (bicyclic) bond motifs is 1. The molecule has 1 heterocycles. The molecule has 0 fully saturated rings. The third-order valence-electron chi connectivity index (χ3n) is 3.83. The van der Waals surface area contributed by atoms with E-state index in [1.165, 1.54) is 6.07 Å². The predicted molar refractivity (Wildman–Crippen MR) is 99.9 cm³/mol. The van der Waals surface area contributed by atoms with Gasteiger partial charge < -0.3 is 30.2 Å². The van der Waals surface area contributed by atoms with Gasteiger partial charge in [-0.25, -0.2) is 0 Å². The monoisotopic (exact) mass is 400 g/mol. The summed E-state index contributed by atoms with van der Waals surface area (Å²) < 4.78 is 40.4. The van der Waals surface area contributed by atoms with Crippen LogP contribution >= 0.6 is 0 Å². The number of alkyl halides is 2. The van der Waals surface area contributed by atoms with Crippen molar-refractivity contribution < 1.29 is 27.8 Å². The molecule has 1 amide bonds. The van der Waals surface area contributed by atoms with Crippen molar-refractivity contribution in [3.8, 4) is 17.2 Å². The molecule has 0 saturated carbocycles. The maximum Gasteiger partial charge on any atom is 0.387 e. The molecule has 0 aliphatic carbocycles. The number of guanidine groups is 1. The van der Waals surface area contributed by atoms with Crippen molar-refractivity contribution in [1.29, 1.82) is 0 Å². The number of ether oxygens (including phenoxy) is 3. The molecule has 0 radical (unpaired) electrons. The van der Waals surface area contributed by atoms with Gasteiger partial charge in [-0.3, -0.25) is 9.79 Å². The number of carbonyl (C=O) groups is 1. The Balaban J connectivity index is 1.90. The lowest BCUT2D eigenvalue weighted by Gasteiger charge is -2.18. The van der Waals surface area contributed by atoms with E-state index in [1.54, 1.807) is 13.1 Å². The number of amides is 1. The first kappa shape index (κ1) is 21.5. The van der Waals surface area contributed by atoms with Gasteiger partial charge in [0.15, 0.2) is 17.5 Å². The molecule has 0 aromatic heterocycles. The normalized spacial score (nSPS) is 13.5. The molecular weight excluding hydrogens is 374 g/mol. The van der Waals surface area contributed by atoms with Crippen LogP contribution < -0.4 is 30.2 Å². The lowest BCUT2D eigenvalue weighted by Crippen LogP contribution is -2.43. The second kappa shape index (κ2) is 9.43. The summed E-state index contributed by atoms with van der Waals surface area (Å²) in [6.45, 7) is 3.62. The highest BCUT2D eigenvalue weighted by atomic mass is 19.3. The lowest BCUT2D eigenvalue weighted by molar-refractivity contribution is -0.128. The molecule has 0 atom stereocenters. The number of hydrogen-bond acceptors (Lipinski definition) is 5. The standard InChI is InChI=1S/C18H26F2N4O4/c1-18(2,3)15(25)22-5-6-23-17(21-4)24-9-11-7-13-14(27-10-26-13)8-12(11)28-16(19)20/h7-8,16H,5-6,9-10H2,1-4H3,(H,22,25)(H2,21,23,24). The quantitative estimate of drug-likeness (QED) is 0.367. The summed E-state index contributed by atoms with van der Waals surface area (Å²) in [6.07, 6.45) is 0. The molecule has 1 aliphatic heterocycles. The summed E-state index contributed by atoms with van der Waals surface area (Å²) in [5, 5.41) is 8.87. The topological polar surface area (TPSA) is 93.2 Å². The Kier molecular flexibility index (Phi) is 7.24. The minimum atomic E-state index is -2.96. The molecule has 0 unspecified atom stereocenters. The maximum absolute atomic E-state index is 12.7. The van der Waals surface area contributed by atoms with Gasteiger partial charge in [0.1, 0.15) is 5.75 Å². The lowest BCUT2D eigenvalue weighted by atomic mass is 9.96. The van der Waals surface area contributed by atoms with Gasteiger partial charge in [0.25, 0.3) is 0 Å². The zero-order chi connectivity index (χ0) is 20.7. The molecule has 1 aromatic carbocycles. The molecular formula is C18H26F2N4O4. The van der Waals surface area contributed by atoms with Crippen molar-refractivity contribution in [2.24, 2.45) is 10.4 Å². The average Bonchev–Trinajstić information content (AvgIpc) is 3.06. The van der Waals surface area contributed by atoms with Crippen LogP contribution in [0.15, 0.2) is 17.1 Å². The Hall–Kier alpha value is -2.78. The molecule has 1 aliphatic rings. The Bertz CT molecular complexity index is 720. The van der Waals surface area contributed by atoms with Crippen molar-refractivity contribution in [1.82, 2.24) is 16.0 Å². The average molecular weight is 400 g/mol. The van der Waals surface area contributed by atoms with Crippen LogP contribution in [-0.2, 0) is 11.3 Å². The fourth-order valence-corrected chi connectivity index (χ4v) is 2.33. The zero-order valence-electron chi connectivity index (χ0n) is 16.4. The first-order valence-corrected chi connectivity index (χ1v) is 8.81. The molecule has 8 nitrogen and oxygen atoms in total. The SMILES string of the molecule is CN=C(NCCNC(=O)C(C)(C)C)NCc1cc2c(cc1OC(F)F)OCO2. The summed E-state index contributed by atoms with van der Waals surface area (Å²) in [6, 6.07) is 2.97. The van der Waals surface area contributed by atoms with Gasteiger partial charge in [0.05, 0.1) is 0 Å². The molecule has 2 rings (SSSR count). The van der Waals surface area contributed by atoms with Crippen LogP contribution in [0.3, 0.4) is 0 Å². The first-order chi connectivity index (χ1) is 13.2. The van der Waals surface area contributed by atoms with E-state index < -0.39 is 12.0 Å². The van der Waals surface area contributed by atoms with Crippen molar-refractivity contribution in [3.05, 3.63) is 17.7 Å². The smallest absolute Gasteiger partial charge is 0.387 e. The predicted octanol–water partition coefficient (Wildman–Crippen LogP) is 1.84. The zero-order valence-corrected chi connectivity index (χ0v) is 16.4. The van der Waals surface area contributed by atoms with Crippen LogP contribution in [0.1, 0.15) is 26.3 Å². The van der Waals surface area contributed by atoms with E-state index in [2.05, 4.69) is 25.7 Å². The van der Waals surface area contributed by atoms with Gasteiger partial charge in [0, 0.05) is 43.7 Å².